The second kappa shape index (κ2) is 4.00. The van der Waals surface area contributed by atoms with Crippen LogP contribution in [0, 0.1) is 0 Å². The molecule has 0 saturated carbocycles. The number of rotatable bonds is 2. The van der Waals surface area contributed by atoms with Crippen molar-refractivity contribution in [2.45, 2.75) is 24.7 Å². The summed E-state index contributed by atoms with van der Waals surface area (Å²) in [6.07, 6.45) is 2.25. The Morgan fingerprint density at radius 3 is 2.71 bits per heavy atom. The van der Waals surface area contributed by atoms with E-state index in [1.807, 2.05) is 0 Å². The third-order valence-corrected chi connectivity index (χ3v) is 2.28. The van der Waals surface area contributed by atoms with Gasteiger partial charge >= 0.3 is 0 Å². The molecular weight excluding hydrogens is 184 g/mol. The molecule has 0 spiro atoms. The van der Waals surface area contributed by atoms with Crippen LogP contribution in [0.1, 0.15) is 18.3 Å². The first-order valence-electron chi connectivity index (χ1n) is 4.52. The molecule has 1 saturated heterocycles. The molecule has 5 heteroatoms. The first-order chi connectivity index (χ1) is 6.81. The summed E-state index contributed by atoms with van der Waals surface area (Å²) in [4.78, 5) is 8.07. The lowest BCUT2D eigenvalue weighted by Crippen LogP contribution is -2.24. The highest BCUT2D eigenvalue weighted by Crippen LogP contribution is 2.30. The van der Waals surface area contributed by atoms with E-state index in [2.05, 4.69) is 9.97 Å². The third-order valence-electron chi connectivity index (χ3n) is 2.28. The number of aromatic nitrogens is 2. The highest BCUT2D eigenvalue weighted by atomic mass is 16.5. The van der Waals surface area contributed by atoms with Gasteiger partial charge in [-0.25, -0.2) is 9.97 Å². The third kappa shape index (κ3) is 1.75. The smallest absolute Gasteiger partial charge is 0.157 e. The van der Waals surface area contributed by atoms with Crippen LogP contribution >= 0.6 is 0 Å². The SMILES string of the molecule is OC[C@H]1O[C@@H](c2ncccn2)C[C@@H]1O. The fraction of sp³-hybridized carbons (Fsp3) is 0.556. The number of hydrogen-bond donors (Lipinski definition) is 2. The second-order valence-corrected chi connectivity index (χ2v) is 3.26. The minimum atomic E-state index is -0.631. The Morgan fingerprint density at radius 2 is 2.14 bits per heavy atom. The molecule has 0 bridgehead atoms. The predicted octanol–water partition coefficient (Wildman–Crippen LogP) is -0.340. The molecule has 14 heavy (non-hydrogen) atoms. The van der Waals surface area contributed by atoms with Crippen LogP contribution in [0.2, 0.25) is 0 Å². The van der Waals surface area contributed by atoms with E-state index in [-0.39, 0.29) is 12.7 Å². The Labute approximate surface area is 81.4 Å². The maximum atomic E-state index is 9.48. The number of nitrogens with zero attached hydrogens (tertiary/aromatic N) is 2. The van der Waals surface area contributed by atoms with Crippen LogP contribution in [0.25, 0.3) is 0 Å². The molecule has 1 aromatic heterocycles. The Hall–Kier alpha value is -1.04. The Kier molecular flexibility index (Phi) is 2.72. The summed E-state index contributed by atoms with van der Waals surface area (Å²) in [7, 11) is 0. The van der Waals surface area contributed by atoms with Crippen molar-refractivity contribution in [1.82, 2.24) is 9.97 Å². The van der Waals surface area contributed by atoms with Crippen molar-refractivity contribution in [2.75, 3.05) is 6.61 Å². The fourth-order valence-corrected chi connectivity index (χ4v) is 1.54. The number of aliphatic hydroxyl groups excluding tert-OH is 2. The number of aliphatic hydroxyl groups is 2. The molecule has 1 fully saturated rings. The first-order valence-corrected chi connectivity index (χ1v) is 4.52. The summed E-state index contributed by atoms with van der Waals surface area (Å²) in [6.45, 7) is -0.176. The van der Waals surface area contributed by atoms with Crippen LogP contribution in [0.5, 0.6) is 0 Å². The molecule has 2 heterocycles. The molecule has 0 amide bonds. The van der Waals surface area contributed by atoms with Crippen molar-refractivity contribution < 1.29 is 14.9 Å². The topological polar surface area (TPSA) is 75.5 Å². The molecule has 2 N–H and O–H groups in total. The summed E-state index contributed by atoms with van der Waals surface area (Å²) in [5.41, 5.74) is 0. The molecule has 0 aromatic carbocycles. The molecule has 1 aromatic rings. The Morgan fingerprint density at radius 1 is 1.43 bits per heavy atom. The largest absolute Gasteiger partial charge is 0.394 e. The van der Waals surface area contributed by atoms with Gasteiger partial charge in [-0.2, -0.15) is 0 Å². The van der Waals surface area contributed by atoms with Crippen molar-refractivity contribution in [2.24, 2.45) is 0 Å². The monoisotopic (exact) mass is 196 g/mol. The van der Waals surface area contributed by atoms with Gasteiger partial charge < -0.3 is 14.9 Å². The van der Waals surface area contributed by atoms with Crippen LogP contribution in [-0.4, -0.2) is 39.0 Å². The summed E-state index contributed by atoms with van der Waals surface area (Å²) in [5, 5.41) is 18.4. The van der Waals surface area contributed by atoms with Crippen molar-refractivity contribution in [3.8, 4) is 0 Å². The molecule has 0 radical (unpaired) electrons. The van der Waals surface area contributed by atoms with E-state index in [4.69, 9.17) is 9.84 Å². The molecule has 0 aliphatic carbocycles. The van der Waals surface area contributed by atoms with Crippen LogP contribution in [0.4, 0.5) is 0 Å². The van der Waals surface area contributed by atoms with Crippen molar-refractivity contribution in [1.29, 1.82) is 0 Å². The van der Waals surface area contributed by atoms with E-state index >= 15 is 0 Å². The summed E-state index contributed by atoms with van der Waals surface area (Å²) in [6, 6.07) is 1.72. The maximum absolute atomic E-state index is 9.48. The van der Waals surface area contributed by atoms with Crippen LogP contribution in [0.3, 0.4) is 0 Å². The summed E-state index contributed by atoms with van der Waals surface area (Å²) < 4.78 is 5.38. The van der Waals surface area contributed by atoms with E-state index in [1.54, 1.807) is 18.5 Å². The lowest BCUT2D eigenvalue weighted by Gasteiger charge is -2.10. The maximum Gasteiger partial charge on any atom is 0.157 e. The van der Waals surface area contributed by atoms with Gasteiger partial charge in [-0.3, -0.25) is 0 Å². The van der Waals surface area contributed by atoms with E-state index in [1.165, 1.54) is 0 Å². The lowest BCUT2D eigenvalue weighted by atomic mass is 10.1. The van der Waals surface area contributed by atoms with Gasteiger partial charge in [0.1, 0.15) is 12.2 Å². The Bertz CT molecular complexity index is 293. The Balaban J connectivity index is 2.09. The molecular formula is C9H12N2O3. The zero-order chi connectivity index (χ0) is 9.97. The molecule has 2 rings (SSSR count). The fourth-order valence-electron chi connectivity index (χ4n) is 1.54. The van der Waals surface area contributed by atoms with Gasteiger partial charge in [0.25, 0.3) is 0 Å². The average molecular weight is 196 g/mol. The first kappa shape index (κ1) is 9.51. The van der Waals surface area contributed by atoms with Gasteiger partial charge in [0.15, 0.2) is 5.82 Å². The van der Waals surface area contributed by atoms with Gasteiger partial charge in [0.2, 0.25) is 0 Å². The van der Waals surface area contributed by atoms with Gasteiger partial charge in [-0.05, 0) is 6.07 Å². The standard InChI is InChI=1S/C9H12N2O3/c12-5-8-6(13)4-7(14-8)9-10-2-1-3-11-9/h1-3,6-8,12-13H,4-5H2/t6-,7+,8+/m0/s1. The van der Waals surface area contributed by atoms with Crippen LogP contribution < -0.4 is 0 Å². The molecule has 1 aliphatic heterocycles. The van der Waals surface area contributed by atoms with Gasteiger partial charge in [-0.1, -0.05) is 0 Å². The zero-order valence-corrected chi connectivity index (χ0v) is 7.58. The van der Waals surface area contributed by atoms with E-state index in [0.717, 1.165) is 0 Å². The molecule has 76 valence electrons. The predicted molar refractivity (Wildman–Crippen MR) is 47.4 cm³/mol. The van der Waals surface area contributed by atoms with Crippen LogP contribution in [0.15, 0.2) is 18.5 Å². The lowest BCUT2D eigenvalue weighted by molar-refractivity contribution is -0.0247. The highest BCUT2D eigenvalue weighted by Gasteiger charge is 2.35. The minimum Gasteiger partial charge on any atom is -0.394 e. The number of ether oxygens (including phenoxy) is 1. The zero-order valence-electron chi connectivity index (χ0n) is 7.58. The van der Waals surface area contributed by atoms with Gasteiger partial charge in [0, 0.05) is 18.8 Å². The average Bonchev–Trinajstić information content (AvgIpc) is 2.61. The van der Waals surface area contributed by atoms with Crippen molar-refractivity contribution in [3.63, 3.8) is 0 Å². The van der Waals surface area contributed by atoms with Crippen molar-refractivity contribution in [3.05, 3.63) is 24.3 Å². The van der Waals surface area contributed by atoms with Gasteiger partial charge in [0.05, 0.1) is 12.7 Å². The molecule has 0 unspecified atom stereocenters. The van der Waals surface area contributed by atoms with E-state index in [9.17, 15) is 5.11 Å². The highest BCUT2D eigenvalue weighted by molar-refractivity contribution is 4.98. The number of hydrogen-bond acceptors (Lipinski definition) is 5. The summed E-state index contributed by atoms with van der Waals surface area (Å²) in [5.74, 6) is 0.558. The molecule has 1 aliphatic rings. The quantitative estimate of drug-likeness (QED) is 0.676. The second-order valence-electron chi connectivity index (χ2n) is 3.26. The normalized spacial score (nSPS) is 32.0. The van der Waals surface area contributed by atoms with Gasteiger partial charge in [-0.15, -0.1) is 0 Å². The van der Waals surface area contributed by atoms with E-state index < -0.39 is 12.2 Å². The van der Waals surface area contributed by atoms with Crippen LogP contribution in [-0.2, 0) is 4.74 Å². The van der Waals surface area contributed by atoms with Crippen molar-refractivity contribution >= 4 is 0 Å². The summed E-state index contributed by atoms with van der Waals surface area (Å²) >= 11 is 0. The molecule has 5 nitrogen and oxygen atoms in total. The van der Waals surface area contributed by atoms with E-state index in [0.29, 0.717) is 12.2 Å². The molecule has 3 atom stereocenters. The minimum absolute atomic E-state index is 0.176.